The first-order valence-corrected chi connectivity index (χ1v) is 36.4. The van der Waals surface area contributed by atoms with Crippen LogP contribution in [0.25, 0.3) is 11.1 Å². The molecule has 100 heavy (non-hydrogen) atoms. The predicted octanol–water partition coefficient (Wildman–Crippen LogP) is 12.9. The van der Waals surface area contributed by atoms with Gasteiger partial charge in [-0.2, -0.15) is 0 Å². The molecule has 5 aromatic rings. The second-order valence-electron chi connectivity index (χ2n) is 28.5. The zero-order valence-corrected chi connectivity index (χ0v) is 59.2. The summed E-state index contributed by atoms with van der Waals surface area (Å²) in [5, 5.41) is 3.06. The number of nitrogens with one attached hydrogen (secondary N) is 1. The summed E-state index contributed by atoms with van der Waals surface area (Å²) >= 11 is 0. The number of halogens is 2. The molecule has 5 aromatic carbocycles. The number of benzene rings is 5. The molecule has 9 heterocycles. The Labute approximate surface area is 589 Å². The number of carbonyl (C=O) groups is 6. The minimum Gasteiger partial charge on any atom is -0.497 e. The van der Waals surface area contributed by atoms with Crippen LogP contribution in [0.5, 0.6) is 5.75 Å². The molecule has 0 atom stereocenters. The van der Waals surface area contributed by atoms with E-state index >= 15 is 0 Å². The summed E-state index contributed by atoms with van der Waals surface area (Å²) in [5.74, 6) is -0.292. The van der Waals surface area contributed by atoms with E-state index in [0.29, 0.717) is 76.0 Å². The molecular weight excluding hydrogens is 1270 g/mol. The van der Waals surface area contributed by atoms with Gasteiger partial charge in [0.1, 0.15) is 17.4 Å². The molecule has 14 rings (SSSR count). The third kappa shape index (κ3) is 14.9. The highest BCUT2D eigenvalue weighted by Crippen LogP contribution is 2.53. The van der Waals surface area contributed by atoms with E-state index in [4.69, 9.17) is 18.9 Å². The number of nitrogens with zero attached hydrogens (tertiary/aromatic N) is 9. The van der Waals surface area contributed by atoms with Gasteiger partial charge in [0.2, 0.25) is 11.8 Å². The van der Waals surface area contributed by atoms with Gasteiger partial charge < -0.3 is 63.5 Å². The van der Waals surface area contributed by atoms with Crippen molar-refractivity contribution in [2.75, 3.05) is 145 Å². The Balaban J connectivity index is 0.000000152. The Hall–Kier alpha value is -8.34. The minimum absolute atomic E-state index is 0. The fourth-order valence-electron chi connectivity index (χ4n) is 17.7. The van der Waals surface area contributed by atoms with Crippen LogP contribution in [-0.2, 0) is 40.0 Å². The molecule has 1 N–H and O–H groups in total. The number of amides is 7. The average Bonchev–Trinajstić information content (AvgIpc) is 1.59. The summed E-state index contributed by atoms with van der Waals surface area (Å²) in [7, 11) is 1.67. The lowest BCUT2D eigenvalue weighted by Crippen LogP contribution is -2.52. The number of hydrogen-bond acceptors (Lipinski definition) is 13. The third-order valence-electron chi connectivity index (χ3n) is 23.1. The molecule has 22 heteroatoms. The van der Waals surface area contributed by atoms with Crippen LogP contribution in [0.2, 0.25) is 0 Å². The van der Waals surface area contributed by atoms with Gasteiger partial charge in [0.05, 0.1) is 38.3 Å². The first-order chi connectivity index (χ1) is 48.4. The second-order valence-corrected chi connectivity index (χ2v) is 28.5. The summed E-state index contributed by atoms with van der Waals surface area (Å²) in [4.78, 5) is 92.5. The molecule has 0 radical (unpaired) electrons. The largest absolute Gasteiger partial charge is 0.497 e. The minimum atomic E-state index is -0.535. The fourth-order valence-corrected chi connectivity index (χ4v) is 17.7. The monoisotopic (exact) mass is 1380 g/mol. The lowest BCUT2D eigenvalue weighted by molar-refractivity contribution is -0.117. The van der Waals surface area contributed by atoms with Gasteiger partial charge in [0.25, 0.3) is 0 Å². The number of hydrogen-bond donors (Lipinski definition) is 1. The first-order valence-electron chi connectivity index (χ1n) is 36.4. The smallest absolute Gasteiger partial charge is 0.409 e. The van der Waals surface area contributed by atoms with Crippen molar-refractivity contribution >= 4 is 58.9 Å². The van der Waals surface area contributed by atoms with Crippen molar-refractivity contribution in [2.45, 2.75) is 146 Å². The zero-order chi connectivity index (χ0) is 70.3. The number of rotatable bonds is 9. The van der Waals surface area contributed by atoms with Crippen molar-refractivity contribution in [3.05, 3.63) is 138 Å². The highest BCUT2D eigenvalue weighted by molar-refractivity contribution is 6.04. The van der Waals surface area contributed by atoms with Gasteiger partial charge in [0, 0.05) is 131 Å². The molecule has 0 unspecified atom stereocenters. The number of likely N-dealkylation sites (tertiary alicyclic amines) is 6. The number of urea groups is 1. The lowest BCUT2D eigenvalue weighted by atomic mass is 9.73. The Morgan fingerprint density at radius 2 is 0.870 bits per heavy atom. The Morgan fingerprint density at radius 1 is 0.460 bits per heavy atom. The number of para-hydroxylation sites is 3. The molecule has 6 fully saturated rings. The summed E-state index contributed by atoms with van der Waals surface area (Å²) < 4.78 is 50.1. The molecular formula is C78H102F2N10O10. The van der Waals surface area contributed by atoms with E-state index in [2.05, 4.69) is 68.5 Å². The van der Waals surface area contributed by atoms with Crippen LogP contribution >= 0.6 is 0 Å². The van der Waals surface area contributed by atoms with Gasteiger partial charge >= 0.3 is 24.3 Å². The fraction of sp³-hybridized carbons (Fsp3) is 0.538. The van der Waals surface area contributed by atoms with Crippen LogP contribution in [0.3, 0.4) is 0 Å². The van der Waals surface area contributed by atoms with Crippen LogP contribution in [-0.4, -0.2) is 209 Å². The van der Waals surface area contributed by atoms with Crippen molar-refractivity contribution in [3.63, 3.8) is 0 Å². The van der Waals surface area contributed by atoms with Crippen molar-refractivity contribution < 1.29 is 57.9 Å². The van der Waals surface area contributed by atoms with Crippen LogP contribution in [0.15, 0.2) is 109 Å². The number of piperidine rings is 6. The van der Waals surface area contributed by atoms with Crippen LogP contribution in [0, 0.1) is 11.6 Å². The van der Waals surface area contributed by atoms with Gasteiger partial charge in [0.15, 0.2) is 0 Å². The lowest BCUT2D eigenvalue weighted by Gasteiger charge is -2.45. The second kappa shape index (κ2) is 31.3. The molecule has 0 bridgehead atoms. The van der Waals surface area contributed by atoms with E-state index in [0.717, 1.165) is 183 Å². The van der Waals surface area contributed by atoms with Crippen molar-refractivity contribution in [1.82, 2.24) is 29.4 Å². The zero-order valence-electron chi connectivity index (χ0n) is 59.2. The number of carbonyl (C=O) groups excluding carboxylic acids is 6. The van der Waals surface area contributed by atoms with Gasteiger partial charge in [-0.15, -0.1) is 0 Å². The van der Waals surface area contributed by atoms with E-state index < -0.39 is 17.0 Å². The Morgan fingerprint density at radius 3 is 1.34 bits per heavy atom. The molecule has 0 aromatic heterocycles. The van der Waals surface area contributed by atoms with Crippen LogP contribution < -0.4 is 24.8 Å². The molecule has 538 valence electrons. The molecule has 0 saturated carbocycles. The van der Waals surface area contributed by atoms with E-state index in [1.165, 1.54) is 29.0 Å². The van der Waals surface area contributed by atoms with Gasteiger partial charge in [-0.05, 0) is 196 Å². The molecule has 9 aliphatic heterocycles. The molecule has 20 nitrogen and oxygen atoms in total. The van der Waals surface area contributed by atoms with Crippen LogP contribution in [0.1, 0.15) is 130 Å². The summed E-state index contributed by atoms with van der Waals surface area (Å²) in [6.07, 6.45) is 10.6. The quantitative estimate of drug-likeness (QED) is 0.138. The maximum absolute atomic E-state index is 14.8. The molecule has 9 aliphatic rings. The van der Waals surface area contributed by atoms with Crippen molar-refractivity contribution in [1.29, 1.82) is 0 Å². The highest BCUT2D eigenvalue weighted by atomic mass is 19.1. The maximum Gasteiger partial charge on any atom is 0.409 e. The summed E-state index contributed by atoms with van der Waals surface area (Å²) in [5.41, 5.74) is 7.70. The van der Waals surface area contributed by atoms with E-state index in [1.807, 2.05) is 82.0 Å². The SMILES string of the molecule is CCOC(=O)N1CCC(N2CCC3(CC2)CN(C(=O)Nc2ccccc2)c2ccccc23)CC1.CCOC(=O)N1CCC(N2CCC3(CC2)CN(C(C)=O)c2c(-c4ccc(OC)cc4)cccc23)CC1.CCOC(=O)N1CCC(N2CCC3(CC2)CN(C(C)=O)c2c(F)ccc(F)c23)CC1.[HH]. The topological polar surface area (TPSA) is 181 Å². The molecule has 6 saturated heterocycles. The Bertz CT molecular complexity index is 3710. The first kappa shape index (κ1) is 71.5. The van der Waals surface area contributed by atoms with E-state index in [-0.39, 0.29) is 54.1 Å². The Kier molecular flexibility index (Phi) is 22.4. The average molecular weight is 1380 g/mol. The number of methoxy groups -OCH3 is 1. The number of anilines is 4. The molecule has 3 spiro atoms. The highest BCUT2D eigenvalue weighted by Gasteiger charge is 2.52. The van der Waals surface area contributed by atoms with Gasteiger partial charge in [-0.1, -0.05) is 66.7 Å². The number of fused-ring (bicyclic) bond motifs is 6. The summed E-state index contributed by atoms with van der Waals surface area (Å²) in [6.45, 7) is 21.6. The molecule has 7 amide bonds. The van der Waals surface area contributed by atoms with Gasteiger partial charge in [-0.25, -0.2) is 28.0 Å². The van der Waals surface area contributed by atoms with Gasteiger partial charge in [-0.3, -0.25) is 14.5 Å². The molecule has 0 aliphatic carbocycles. The van der Waals surface area contributed by atoms with Crippen molar-refractivity contribution in [3.8, 4) is 16.9 Å². The van der Waals surface area contributed by atoms with Crippen molar-refractivity contribution in [2.24, 2.45) is 0 Å². The predicted molar refractivity (Wildman–Crippen MR) is 385 cm³/mol. The van der Waals surface area contributed by atoms with Crippen LogP contribution in [0.4, 0.5) is 50.7 Å². The third-order valence-corrected chi connectivity index (χ3v) is 23.1. The number of ether oxygens (including phenoxy) is 4. The summed E-state index contributed by atoms with van der Waals surface area (Å²) in [6, 6.07) is 36.2. The normalized spacial score (nSPS) is 20.6. The standard InChI is InChI=1S/C29H37N3O4.C27H34N4O3.C22H29F2N3O3.H2/c1-4-36-28(34)31-16-12-23(13-17-31)30-18-14-29(15-19-30)20-32(21(2)33)27-25(6-5-7-26(27)29)22-8-10-24(35-3)11-9-22;1-2-34-26(33)30-16-12-22(13-17-30)29-18-14-27(15-19-29)20-31(24-11-7-6-10-23(24)27)25(32)28-21-8-4-3-5-9-21;1-3-30-21(29)26-10-6-16(7-11-26)25-12-8-22(9-13-25)14-27(15(2)28)20-18(24)5-4-17(23)19(20)22;/h5-11,23H,4,12-20H2,1-3H3;3-11,22H,2,12-20H2,1H3,(H,28,32);4-5,16H,3,6-14H2,1-2H3;1H. The maximum atomic E-state index is 14.8. The van der Waals surface area contributed by atoms with E-state index in [1.54, 1.807) is 25.9 Å². The van der Waals surface area contributed by atoms with E-state index in [9.17, 15) is 37.5 Å².